The molecule has 146 valence electrons. The number of amides is 1. The summed E-state index contributed by atoms with van der Waals surface area (Å²) in [5, 5.41) is 3.28. The van der Waals surface area contributed by atoms with Gasteiger partial charge in [-0.15, -0.1) is 0 Å². The van der Waals surface area contributed by atoms with E-state index in [0.717, 1.165) is 11.8 Å². The minimum atomic E-state index is 0.0747. The molecule has 0 aromatic heterocycles. The minimum Gasteiger partial charge on any atom is -0.350 e. The van der Waals surface area contributed by atoms with Crippen LogP contribution < -0.4 is 5.32 Å². The molecule has 5 atom stereocenters. The first-order chi connectivity index (χ1) is 13.6. The fourth-order valence-corrected chi connectivity index (χ4v) is 7.25. The van der Waals surface area contributed by atoms with Crippen LogP contribution in [0, 0.1) is 17.3 Å². The van der Waals surface area contributed by atoms with Crippen LogP contribution in [0.3, 0.4) is 0 Å². The Hall–Kier alpha value is -2.09. The number of hydrogen-bond donors (Lipinski definition) is 1. The second-order valence-corrected chi connectivity index (χ2v) is 9.98. The lowest BCUT2D eigenvalue weighted by Crippen LogP contribution is -2.55. The average Bonchev–Trinajstić information content (AvgIpc) is 2.68. The monoisotopic (exact) mass is 373 g/mol. The molecule has 4 fully saturated rings. The molecule has 0 aliphatic heterocycles. The van der Waals surface area contributed by atoms with Crippen molar-refractivity contribution in [3.8, 4) is 0 Å². The third kappa shape index (κ3) is 3.17. The van der Waals surface area contributed by atoms with Gasteiger partial charge in [0.05, 0.1) is 6.04 Å². The lowest BCUT2D eigenvalue weighted by Gasteiger charge is -2.62. The van der Waals surface area contributed by atoms with Crippen LogP contribution in [0.5, 0.6) is 0 Å². The van der Waals surface area contributed by atoms with E-state index in [2.05, 4.69) is 54.7 Å². The number of hydrogen-bond acceptors (Lipinski definition) is 1. The molecule has 4 aliphatic carbocycles. The van der Waals surface area contributed by atoms with Crippen molar-refractivity contribution in [3.63, 3.8) is 0 Å². The van der Waals surface area contributed by atoms with Crippen LogP contribution >= 0.6 is 0 Å². The molecule has 1 amide bonds. The van der Waals surface area contributed by atoms with Crippen molar-refractivity contribution < 1.29 is 4.79 Å². The molecule has 0 radical (unpaired) electrons. The molecule has 4 bridgehead atoms. The minimum absolute atomic E-state index is 0.0747. The van der Waals surface area contributed by atoms with Gasteiger partial charge in [0.1, 0.15) is 0 Å². The number of rotatable bonds is 5. The molecule has 2 aromatic rings. The van der Waals surface area contributed by atoms with Gasteiger partial charge in [0.2, 0.25) is 5.91 Å². The van der Waals surface area contributed by atoms with E-state index in [1.54, 1.807) is 0 Å². The smallest absolute Gasteiger partial charge is 0.221 e. The van der Waals surface area contributed by atoms with Gasteiger partial charge >= 0.3 is 0 Å². The Morgan fingerprint density at radius 2 is 1.57 bits per heavy atom. The topological polar surface area (TPSA) is 29.1 Å². The Kier molecular flexibility index (Phi) is 4.34. The third-order valence-corrected chi connectivity index (χ3v) is 7.78. The Balaban J connectivity index is 1.34. The fraction of sp³-hybridized carbons (Fsp3) is 0.500. The van der Waals surface area contributed by atoms with E-state index in [0.29, 0.717) is 11.8 Å². The number of nitrogens with one attached hydrogen (secondary N) is 1. The summed E-state index contributed by atoms with van der Waals surface area (Å²) in [6.45, 7) is 2.10. The molecular formula is C26H31NO. The Morgan fingerprint density at radius 1 is 0.964 bits per heavy atom. The van der Waals surface area contributed by atoms with E-state index in [-0.39, 0.29) is 17.4 Å². The number of carbonyl (C=O) groups is 1. The normalized spacial score (nSPS) is 34.2. The van der Waals surface area contributed by atoms with Gasteiger partial charge in [-0.25, -0.2) is 0 Å². The molecule has 1 N–H and O–H groups in total. The quantitative estimate of drug-likeness (QED) is 0.706. The number of benzene rings is 2. The summed E-state index contributed by atoms with van der Waals surface area (Å²) >= 11 is 0. The van der Waals surface area contributed by atoms with E-state index in [4.69, 9.17) is 0 Å². The van der Waals surface area contributed by atoms with Crippen LogP contribution in [0.4, 0.5) is 0 Å². The molecule has 2 heteroatoms. The van der Waals surface area contributed by atoms with Crippen molar-refractivity contribution in [3.05, 3.63) is 71.8 Å². The maximum absolute atomic E-state index is 13.0. The highest BCUT2D eigenvalue weighted by molar-refractivity contribution is 5.77. The highest BCUT2D eigenvalue weighted by Gasteiger charge is 2.58. The predicted molar refractivity (Wildman–Crippen MR) is 113 cm³/mol. The van der Waals surface area contributed by atoms with E-state index in [1.165, 1.54) is 49.7 Å². The second-order valence-electron chi connectivity index (χ2n) is 9.98. The standard InChI is InChI=1S/C26H31NO/c1-19(22-8-4-2-5-9-22)27-24(28)17-25-13-20-12-21(14-25)16-26(15-20,18-25)23-10-6-3-7-11-23/h2-11,19-21H,12-18H2,1H3,(H,27,28)/t19-,20-,21+,25?,26?/m1/s1. The Labute approximate surface area is 168 Å². The van der Waals surface area contributed by atoms with Crippen molar-refractivity contribution in [2.24, 2.45) is 17.3 Å². The molecule has 6 rings (SSSR count). The molecular weight excluding hydrogens is 342 g/mol. The Morgan fingerprint density at radius 3 is 2.21 bits per heavy atom. The van der Waals surface area contributed by atoms with Gasteiger partial charge in [0.15, 0.2) is 0 Å². The van der Waals surface area contributed by atoms with E-state index in [1.807, 2.05) is 18.2 Å². The van der Waals surface area contributed by atoms with Crippen molar-refractivity contribution in [1.82, 2.24) is 5.32 Å². The Bertz CT molecular complexity index is 829. The fourth-order valence-electron chi connectivity index (χ4n) is 7.25. The zero-order valence-corrected chi connectivity index (χ0v) is 16.9. The summed E-state index contributed by atoms with van der Waals surface area (Å²) in [5.74, 6) is 1.85. The first-order valence-electron chi connectivity index (χ1n) is 11.0. The lowest BCUT2D eigenvalue weighted by molar-refractivity contribution is -0.131. The third-order valence-electron chi connectivity index (χ3n) is 7.78. The maximum atomic E-state index is 13.0. The molecule has 0 heterocycles. The molecule has 2 aromatic carbocycles. The number of carbonyl (C=O) groups excluding carboxylic acids is 1. The molecule has 4 aliphatic rings. The van der Waals surface area contributed by atoms with E-state index < -0.39 is 0 Å². The highest BCUT2D eigenvalue weighted by atomic mass is 16.1. The van der Waals surface area contributed by atoms with Gasteiger partial charge in [-0.1, -0.05) is 60.7 Å². The van der Waals surface area contributed by atoms with Gasteiger partial charge in [0.25, 0.3) is 0 Å². The molecule has 4 saturated carbocycles. The van der Waals surface area contributed by atoms with Gasteiger partial charge in [0, 0.05) is 6.42 Å². The van der Waals surface area contributed by atoms with Crippen LogP contribution in [0.2, 0.25) is 0 Å². The highest BCUT2D eigenvalue weighted by Crippen LogP contribution is 2.66. The molecule has 0 saturated heterocycles. The van der Waals surface area contributed by atoms with Crippen molar-refractivity contribution in [2.75, 3.05) is 0 Å². The van der Waals surface area contributed by atoms with Gasteiger partial charge in [-0.2, -0.15) is 0 Å². The average molecular weight is 374 g/mol. The molecule has 2 unspecified atom stereocenters. The SMILES string of the molecule is C[C@@H](NC(=O)CC12C[C@H]3C[C@@H](C1)CC(c1ccccc1)(C3)C2)c1ccccc1. The van der Waals surface area contributed by atoms with Gasteiger partial charge < -0.3 is 5.32 Å². The summed E-state index contributed by atoms with van der Waals surface area (Å²) in [6.07, 6.45) is 8.46. The predicted octanol–water partition coefficient (Wildman–Crippen LogP) is 5.79. The van der Waals surface area contributed by atoms with Crippen LogP contribution in [0.15, 0.2) is 60.7 Å². The first-order valence-corrected chi connectivity index (χ1v) is 11.0. The van der Waals surface area contributed by atoms with Crippen LogP contribution in [0.25, 0.3) is 0 Å². The lowest BCUT2D eigenvalue weighted by atomic mass is 9.42. The van der Waals surface area contributed by atoms with Crippen LogP contribution in [-0.4, -0.2) is 5.91 Å². The van der Waals surface area contributed by atoms with Crippen molar-refractivity contribution >= 4 is 5.91 Å². The molecule has 2 nitrogen and oxygen atoms in total. The van der Waals surface area contributed by atoms with Crippen LogP contribution in [0.1, 0.15) is 69.0 Å². The largest absolute Gasteiger partial charge is 0.350 e. The summed E-state index contributed by atoms with van der Waals surface area (Å²) in [6, 6.07) is 21.5. The van der Waals surface area contributed by atoms with Crippen LogP contribution in [-0.2, 0) is 10.2 Å². The summed E-state index contributed by atoms with van der Waals surface area (Å²) < 4.78 is 0. The van der Waals surface area contributed by atoms with E-state index >= 15 is 0 Å². The zero-order chi connectivity index (χ0) is 19.2. The first kappa shape index (κ1) is 18.0. The summed E-state index contributed by atoms with van der Waals surface area (Å²) in [5.41, 5.74) is 3.23. The summed E-state index contributed by atoms with van der Waals surface area (Å²) in [7, 11) is 0. The van der Waals surface area contributed by atoms with E-state index in [9.17, 15) is 4.79 Å². The zero-order valence-electron chi connectivity index (χ0n) is 16.9. The second kappa shape index (κ2) is 6.76. The van der Waals surface area contributed by atoms with Gasteiger partial charge in [-0.05, 0) is 79.2 Å². The van der Waals surface area contributed by atoms with Crippen molar-refractivity contribution in [1.29, 1.82) is 0 Å². The molecule has 28 heavy (non-hydrogen) atoms. The van der Waals surface area contributed by atoms with Gasteiger partial charge in [-0.3, -0.25) is 4.79 Å². The molecule has 0 spiro atoms. The van der Waals surface area contributed by atoms with Crippen molar-refractivity contribution in [2.45, 2.75) is 63.3 Å². The maximum Gasteiger partial charge on any atom is 0.221 e. The summed E-state index contributed by atoms with van der Waals surface area (Å²) in [4.78, 5) is 13.0.